The van der Waals surface area contributed by atoms with Gasteiger partial charge in [-0.15, -0.1) is 0 Å². The van der Waals surface area contributed by atoms with Crippen molar-refractivity contribution in [3.8, 4) is 0 Å². The van der Waals surface area contributed by atoms with Crippen LogP contribution in [0.25, 0.3) is 0 Å². The molecule has 8 nitrogen and oxygen atoms in total. The molecule has 0 radical (unpaired) electrons. The molecule has 1 N–H and O–H groups in total. The molecule has 1 amide bonds. The van der Waals surface area contributed by atoms with Crippen LogP contribution in [0, 0.1) is 6.92 Å². The highest BCUT2D eigenvalue weighted by Gasteiger charge is 2.23. The number of aryl methyl sites for hydroxylation is 1. The van der Waals surface area contributed by atoms with Crippen LogP contribution >= 0.6 is 0 Å². The average molecular weight is 356 g/mol. The lowest BCUT2D eigenvalue weighted by Gasteiger charge is -2.35. The summed E-state index contributed by atoms with van der Waals surface area (Å²) < 4.78 is 1.51. The van der Waals surface area contributed by atoms with E-state index < -0.39 is 0 Å². The maximum atomic E-state index is 12.2. The molecule has 2 aromatic heterocycles. The second-order valence-electron chi connectivity index (χ2n) is 6.52. The molecule has 0 saturated carbocycles. The Bertz CT molecular complexity index is 792. The third-order valence-corrected chi connectivity index (χ3v) is 4.64. The number of rotatable bonds is 6. The number of amides is 1. The molecule has 8 heteroatoms. The van der Waals surface area contributed by atoms with Gasteiger partial charge in [0.05, 0.1) is 18.4 Å². The minimum absolute atomic E-state index is 0.0832. The lowest BCUT2D eigenvalue weighted by atomic mass is 10.0. The molecule has 1 unspecified atom stereocenters. The minimum Gasteiger partial charge on any atom is -0.349 e. The molecule has 26 heavy (non-hydrogen) atoms. The smallest absolute Gasteiger partial charge is 0.271 e. The number of nitrogens with zero attached hydrogens (tertiary/aromatic N) is 5. The van der Waals surface area contributed by atoms with Gasteiger partial charge in [-0.3, -0.25) is 19.5 Å². The number of carbonyl (C=O) groups is 1. The predicted molar refractivity (Wildman–Crippen MR) is 96.8 cm³/mol. The molecular formula is C18H24N6O2. The molecular weight excluding hydrogens is 332 g/mol. The third kappa shape index (κ3) is 4.72. The summed E-state index contributed by atoms with van der Waals surface area (Å²) in [6, 6.07) is 3.53. The van der Waals surface area contributed by atoms with Crippen LogP contribution in [0.1, 0.15) is 35.4 Å². The summed E-state index contributed by atoms with van der Waals surface area (Å²) in [6.45, 7) is 4.69. The summed E-state index contributed by atoms with van der Waals surface area (Å²) in [5, 5.41) is 7.24. The average Bonchev–Trinajstić information content (AvgIpc) is 2.68. The molecule has 0 bridgehead atoms. The number of hydrogen-bond donors (Lipinski definition) is 1. The highest BCUT2D eigenvalue weighted by Crippen LogP contribution is 2.16. The van der Waals surface area contributed by atoms with Crippen LogP contribution in [0.4, 0.5) is 0 Å². The van der Waals surface area contributed by atoms with Crippen molar-refractivity contribution in [1.82, 2.24) is 30.0 Å². The zero-order valence-electron chi connectivity index (χ0n) is 15.0. The first-order valence-corrected chi connectivity index (χ1v) is 8.96. The lowest BCUT2D eigenvalue weighted by molar-refractivity contribution is 0.0904. The molecule has 3 rings (SSSR count). The van der Waals surface area contributed by atoms with E-state index in [9.17, 15) is 9.59 Å². The molecule has 0 aliphatic carbocycles. The predicted octanol–water partition coefficient (Wildman–Crippen LogP) is 0.626. The number of likely N-dealkylation sites (tertiary alicyclic amines) is 1. The van der Waals surface area contributed by atoms with E-state index in [0.717, 1.165) is 38.0 Å². The Hall–Kier alpha value is -2.61. The van der Waals surface area contributed by atoms with Crippen molar-refractivity contribution < 1.29 is 4.79 Å². The highest BCUT2D eigenvalue weighted by molar-refractivity contribution is 5.91. The number of piperidine rings is 1. The zero-order chi connectivity index (χ0) is 18.4. The van der Waals surface area contributed by atoms with Crippen molar-refractivity contribution >= 4 is 5.91 Å². The van der Waals surface area contributed by atoms with E-state index >= 15 is 0 Å². The fourth-order valence-corrected chi connectivity index (χ4v) is 3.24. The van der Waals surface area contributed by atoms with Gasteiger partial charge in [0.2, 0.25) is 0 Å². The fourth-order valence-electron chi connectivity index (χ4n) is 3.24. The standard InChI is InChI=1S/C18H24N6O2/c1-14-5-6-17(25)24(22-14)11-10-23-9-3-2-4-15(23)12-21-18(26)16-13-19-7-8-20-16/h5-8,13,15H,2-4,9-12H2,1H3,(H,21,26). The second-order valence-corrected chi connectivity index (χ2v) is 6.52. The van der Waals surface area contributed by atoms with E-state index in [1.807, 2.05) is 6.92 Å². The molecule has 0 spiro atoms. The summed E-state index contributed by atoms with van der Waals surface area (Å²) in [5.41, 5.74) is 1.07. The molecule has 1 saturated heterocycles. The van der Waals surface area contributed by atoms with Crippen molar-refractivity contribution in [1.29, 1.82) is 0 Å². The van der Waals surface area contributed by atoms with Crippen LogP contribution in [0.2, 0.25) is 0 Å². The third-order valence-electron chi connectivity index (χ3n) is 4.64. The quantitative estimate of drug-likeness (QED) is 0.816. The maximum absolute atomic E-state index is 12.2. The topological polar surface area (TPSA) is 93.0 Å². The van der Waals surface area contributed by atoms with Gasteiger partial charge >= 0.3 is 0 Å². The minimum atomic E-state index is -0.208. The zero-order valence-corrected chi connectivity index (χ0v) is 15.0. The van der Waals surface area contributed by atoms with Crippen molar-refractivity contribution in [2.24, 2.45) is 0 Å². The molecule has 1 aliphatic heterocycles. The van der Waals surface area contributed by atoms with Crippen molar-refractivity contribution in [3.05, 3.63) is 52.5 Å². The van der Waals surface area contributed by atoms with Gasteiger partial charge in [0.1, 0.15) is 5.69 Å². The summed E-state index contributed by atoms with van der Waals surface area (Å²) in [4.78, 5) is 34.3. The number of carbonyl (C=O) groups excluding carboxylic acids is 1. The van der Waals surface area contributed by atoms with Crippen LogP contribution < -0.4 is 10.9 Å². The Morgan fingerprint density at radius 1 is 1.27 bits per heavy atom. The maximum Gasteiger partial charge on any atom is 0.271 e. The largest absolute Gasteiger partial charge is 0.349 e. The van der Waals surface area contributed by atoms with Crippen molar-refractivity contribution in [3.63, 3.8) is 0 Å². The molecule has 1 aliphatic rings. The first-order chi connectivity index (χ1) is 12.6. The van der Waals surface area contributed by atoms with Gasteiger partial charge in [-0.05, 0) is 32.4 Å². The number of aromatic nitrogens is 4. The second kappa shape index (κ2) is 8.66. The Morgan fingerprint density at radius 2 is 2.15 bits per heavy atom. The van der Waals surface area contributed by atoms with E-state index in [1.54, 1.807) is 18.3 Å². The first-order valence-electron chi connectivity index (χ1n) is 8.96. The molecule has 0 aromatic carbocycles. The van der Waals surface area contributed by atoms with Crippen molar-refractivity contribution in [2.75, 3.05) is 19.6 Å². The van der Waals surface area contributed by atoms with Gasteiger partial charge in [-0.25, -0.2) is 9.67 Å². The fraction of sp³-hybridized carbons (Fsp3) is 0.500. The Labute approximate surface area is 152 Å². The van der Waals surface area contributed by atoms with E-state index in [4.69, 9.17) is 0 Å². The summed E-state index contributed by atoms with van der Waals surface area (Å²) in [7, 11) is 0. The van der Waals surface area contributed by atoms with Gasteiger partial charge in [0.25, 0.3) is 11.5 Å². The van der Waals surface area contributed by atoms with E-state index in [2.05, 4.69) is 25.3 Å². The van der Waals surface area contributed by atoms with Crippen LogP contribution in [0.3, 0.4) is 0 Å². The molecule has 1 fully saturated rings. The van der Waals surface area contributed by atoms with Crippen molar-refractivity contribution in [2.45, 2.75) is 38.8 Å². The number of hydrogen-bond acceptors (Lipinski definition) is 6. The number of nitrogens with one attached hydrogen (secondary N) is 1. The van der Waals surface area contributed by atoms with Gasteiger partial charge in [-0.2, -0.15) is 5.10 Å². The summed E-state index contributed by atoms with van der Waals surface area (Å²) >= 11 is 0. The van der Waals surface area contributed by atoms with Crippen LogP contribution in [0.5, 0.6) is 0 Å². The highest BCUT2D eigenvalue weighted by atomic mass is 16.2. The Kier molecular flexibility index (Phi) is 6.06. The van der Waals surface area contributed by atoms with E-state index in [0.29, 0.717) is 18.8 Å². The Balaban J connectivity index is 1.56. The van der Waals surface area contributed by atoms with E-state index in [1.165, 1.54) is 17.1 Å². The van der Waals surface area contributed by atoms with Crippen LogP contribution in [-0.2, 0) is 6.54 Å². The van der Waals surface area contributed by atoms with Crippen LogP contribution in [0.15, 0.2) is 35.5 Å². The molecule has 1 atom stereocenters. The van der Waals surface area contributed by atoms with Crippen LogP contribution in [-0.4, -0.2) is 56.2 Å². The molecule has 138 valence electrons. The van der Waals surface area contributed by atoms with Gasteiger partial charge in [0, 0.05) is 37.6 Å². The van der Waals surface area contributed by atoms with Gasteiger partial charge < -0.3 is 5.32 Å². The summed E-state index contributed by atoms with van der Waals surface area (Å²) in [5.74, 6) is -0.208. The molecule has 2 aromatic rings. The van der Waals surface area contributed by atoms with Gasteiger partial charge in [0.15, 0.2) is 0 Å². The van der Waals surface area contributed by atoms with Gasteiger partial charge in [-0.1, -0.05) is 6.42 Å². The van der Waals surface area contributed by atoms with E-state index in [-0.39, 0.29) is 17.5 Å². The molecule has 3 heterocycles. The normalized spacial score (nSPS) is 17.8. The lowest BCUT2D eigenvalue weighted by Crippen LogP contribution is -2.48. The SMILES string of the molecule is Cc1ccc(=O)n(CCN2CCCCC2CNC(=O)c2cnccn2)n1. The monoisotopic (exact) mass is 356 g/mol. The summed E-state index contributed by atoms with van der Waals surface area (Å²) in [6.07, 6.45) is 7.81. The first kappa shape index (κ1) is 18.2. The Morgan fingerprint density at radius 3 is 2.96 bits per heavy atom.